The number of nitrogens with two attached hydrogens (primary N) is 1. The smallest absolute Gasteiger partial charge is 0.000661 e. The lowest BCUT2D eigenvalue weighted by molar-refractivity contribution is 0.297. The summed E-state index contributed by atoms with van der Waals surface area (Å²) in [6.07, 6.45) is 8.15. The summed E-state index contributed by atoms with van der Waals surface area (Å²) in [6.45, 7) is 5.75. The highest BCUT2D eigenvalue weighted by Crippen LogP contribution is 2.29. The molecule has 15 heavy (non-hydrogen) atoms. The van der Waals surface area contributed by atoms with Gasteiger partial charge in [-0.1, -0.05) is 13.3 Å². The van der Waals surface area contributed by atoms with Crippen LogP contribution in [0.5, 0.6) is 0 Å². The van der Waals surface area contributed by atoms with Crippen molar-refractivity contribution < 1.29 is 0 Å². The van der Waals surface area contributed by atoms with Crippen LogP contribution in [0.3, 0.4) is 0 Å². The van der Waals surface area contributed by atoms with Crippen molar-refractivity contribution in [2.75, 3.05) is 26.7 Å². The molecule has 2 N–H and O–H groups in total. The molecule has 0 saturated heterocycles. The summed E-state index contributed by atoms with van der Waals surface area (Å²) >= 11 is 0. The van der Waals surface area contributed by atoms with E-state index in [-0.39, 0.29) is 0 Å². The molecule has 1 unspecified atom stereocenters. The SMILES string of the molecule is CCC(CCN)CCCN(C)CC1CC1. The molecular weight excluding hydrogens is 184 g/mol. The highest BCUT2D eigenvalue weighted by atomic mass is 15.1. The average molecular weight is 212 g/mol. The van der Waals surface area contributed by atoms with Gasteiger partial charge in [0.25, 0.3) is 0 Å². The Labute approximate surface area is 95.2 Å². The highest BCUT2D eigenvalue weighted by molar-refractivity contribution is 4.76. The van der Waals surface area contributed by atoms with E-state index in [4.69, 9.17) is 5.73 Å². The number of hydrogen-bond acceptors (Lipinski definition) is 2. The van der Waals surface area contributed by atoms with E-state index in [1.54, 1.807) is 0 Å². The maximum absolute atomic E-state index is 5.60. The summed E-state index contributed by atoms with van der Waals surface area (Å²) in [4.78, 5) is 2.51. The molecule has 0 spiro atoms. The Hall–Kier alpha value is -0.0800. The van der Waals surface area contributed by atoms with Crippen LogP contribution in [0.4, 0.5) is 0 Å². The Morgan fingerprint density at radius 2 is 2.07 bits per heavy atom. The topological polar surface area (TPSA) is 29.3 Å². The molecule has 1 rings (SSSR count). The molecule has 1 fully saturated rings. The minimum Gasteiger partial charge on any atom is -0.330 e. The first-order valence-electron chi connectivity index (χ1n) is 6.64. The zero-order chi connectivity index (χ0) is 11.1. The molecule has 0 aromatic rings. The first-order valence-corrected chi connectivity index (χ1v) is 6.64. The fourth-order valence-electron chi connectivity index (χ4n) is 2.27. The second-order valence-electron chi connectivity index (χ2n) is 5.20. The predicted molar refractivity (Wildman–Crippen MR) is 66.9 cm³/mol. The van der Waals surface area contributed by atoms with E-state index in [0.717, 1.165) is 18.4 Å². The average Bonchev–Trinajstić information content (AvgIpc) is 3.00. The molecule has 0 radical (unpaired) electrons. The lowest BCUT2D eigenvalue weighted by Crippen LogP contribution is -2.22. The van der Waals surface area contributed by atoms with Gasteiger partial charge in [-0.2, -0.15) is 0 Å². The van der Waals surface area contributed by atoms with E-state index in [9.17, 15) is 0 Å². The summed E-state index contributed by atoms with van der Waals surface area (Å²) < 4.78 is 0. The lowest BCUT2D eigenvalue weighted by atomic mass is 9.96. The zero-order valence-electron chi connectivity index (χ0n) is 10.5. The van der Waals surface area contributed by atoms with Gasteiger partial charge in [-0.05, 0) is 64.1 Å². The maximum Gasteiger partial charge on any atom is 0.000661 e. The Morgan fingerprint density at radius 1 is 1.33 bits per heavy atom. The van der Waals surface area contributed by atoms with Crippen LogP contribution >= 0.6 is 0 Å². The van der Waals surface area contributed by atoms with Crippen LogP contribution in [0.1, 0.15) is 45.4 Å². The third-order valence-corrected chi connectivity index (χ3v) is 3.57. The van der Waals surface area contributed by atoms with Crippen LogP contribution in [0.2, 0.25) is 0 Å². The second kappa shape index (κ2) is 7.24. The maximum atomic E-state index is 5.60. The van der Waals surface area contributed by atoms with E-state index in [0.29, 0.717) is 0 Å². The fraction of sp³-hybridized carbons (Fsp3) is 1.00. The Morgan fingerprint density at radius 3 is 2.60 bits per heavy atom. The normalized spacial score (nSPS) is 18.4. The van der Waals surface area contributed by atoms with Crippen LogP contribution in [0.25, 0.3) is 0 Å². The van der Waals surface area contributed by atoms with Gasteiger partial charge >= 0.3 is 0 Å². The van der Waals surface area contributed by atoms with E-state index in [1.165, 1.54) is 51.6 Å². The van der Waals surface area contributed by atoms with Crippen molar-refractivity contribution >= 4 is 0 Å². The number of rotatable bonds is 9. The standard InChI is InChI=1S/C13H28N2/c1-3-12(8-9-14)5-4-10-15(2)11-13-6-7-13/h12-13H,3-11,14H2,1-2H3. The number of nitrogens with zero attached hydrogens (tertiary/aromatic N) is 1. The van der Waals surface area contributed by atoms with Crippen molar-refractivity contribution in [3.05, 3.63) is 0 Å². The Kier molecular flexibility index (Phi) is 6.26. The van der Waals surface area contributed by atoms with Crippen molar-refractivity contribution in [1.29, 1.82) is 0 Å². The van der Waals surface area contributed by atoms with E-state index in [1.807, 2.05) is 0 Å². The second-order valence-corrected chi connectivity index (χ2v) is 5.20. The molecule has 0 aromatic carbocycles. The van der Waals surface area contributed by atoms with Gasteiger partial charge in [0.1, 0.15) is 0 Å². The van der Waals surface area contributed by atoms with Gasteiger partial charge in [0.05, 0.1) is 0 Å². The molecular formula is C13H28N2. The van der Waals surface area contributed by atoms with Gasteiger partial charge in [-0.3, -0.25) is 0 Å². The molecule has 0 aliphatic heterocycles. The van der Waals surface area contributed by atoms with Crippen LogP contribution in [-0.4, -0.2) is 31.6 Å². The lowest BCUT2D eigenvalue weighted by Gasteiger charge is -2.18. The molecule has 0 heterocycles. The van der Waals surface area contributed by atoms with Crippen LogP contribution in [0.15, 0.2) is 0 Å². The van der Waals surface area contributed by atoms with Crippen LogP contribution in [-0.2, 0) is 0 Å². The van der Waals surface area contributed by atoms with Crippen molar-refractivity contribution in [2.24, 2.45) is 17.6 Å². The van der Waals surface area contributed by atoms with Crippen molar-refractivity contribution in [2.45, 2.75) is 45.4 Å². The van der Waals surface area contributed by atoms with Crippen molar-refractivity contribution in [3.8, 4) is 0 Å². The van der Waals surface area contributed by atoms with Crippen LogP contribution < -0.4 is 5.73 Å². The molecule has 0 aromatic heterocycles. The Balaban J connectivity index is 1.97. The molecule has 1 aliphatic carbocycles. The molecule has 2 heteroatoms. The summed E-state index contributed by atoms with van der Waals surface area (Å²) in [6, 6.07) is 0. The van der Waals surface area contributed by atoms with E-state index in [2.05, 4.69) is 18.9 Å². The molecule has 1 atom stereocenters. The minimum absolute atomic E-state index is 0.858. The van der Waals surface area contributed by atoms with Gasteiger partial charge in [-0.25, -0.2) is 0 Å². The zero-order valence-corrected chi connectivity index (χ0v) is 10.5. The Bertz CT molecular complexity index is 155. The molecule has 0 amide bonds. The van der Waals surface area contributed by atoms with E-state index >= 15 is 0 Å². The first kappa shape index (κ1) is 13.0. The van der Waals surface area contributed by atoms with Gasteiger partial charge in [0.15, 0.2) is 0 Å². The van der Waals surface area contributed by atoms with Gasteiger partial charge in [0, 0.05) is 6.54 Å². The molecule has 1 aliphatic rings. The molecule has 90 valence electrons. The third-order valence-electron chi connectivity index (χ3n) is 3.57. The summed E-state index contributed by atoms with van der Waals surface area (Å²) in [5.74, 6) is 1.89. The summed E-state index contributed by atoms with van der Waals surface area (Å²) in [5.41, 5.74) is 5.60. The summed E-state index contributed by atoms with van der Waals surface area (Å²) in [5, 5.41) is 0. The molecule has 2 nitrogen and oxygen atoms in total. The molecule has 1 saturated carbocycles. The fourth-order valence-corrected chi connectivity index (χ4v) is 2.27. The largest absolute Gasteiger partial charge is 0.330 e. The highest BCUT2D eigenvalue weighted by Gasteiger charge is 2.22. The van der Waals surface area contributed by atoms with Crippen LogP contribution in [0, 0.1) is 11.8 Å². The predicted octanol–water partition coefficient (Wildman–Crippen LogP) is 2.48. The minimum atomic E-state index is 0.858. The van der Waals surface area contributed by atoms with Crippen molar-refractivity contribution in [1.82, 2.24) is 4.90 Å². The monoisotopic (exact) mass is 212 g/mol. The summed E-state index contributed by atoms with van der Waals surface area (Å²) in [7, 11) is 2.27. The van der Waals surface area contributed by atoms with Gasteiger partial charge in [0.2, 0.25) is 0 Å². The van der Waals surface area contributed by atoms with Gasteiger partial charge < -0.3 is 10.6 Å². The quantitative estimate of drug-likeness (QED) is 0.636. The third kappa shape index (κ3) is 6.16. The first-order chi connectivity index (χ1) is 7.26. The molecule has 0 bridgehead atoms. The number of hydrogen-bond donors (Lipinski definition) is 1. The van der Waals surface area contributed by atoms with Gasteiger partial charge in [-0.15, -0.1) is 0 Å². The van der Waals surface area contributed by atoms with Crippen molar-refractivity contribution in [3.63, 3.8) is 0 Å². The van der Waals surface area contributed by atoms with E-state index < -0.39 is 0 Å².